The van der Waals surface area contributed by atoms with Gasteiger partial charge in [-0.15, -0.1) is 0 Å². The summed E-state index contributed by atoms with van der Waals surface area (Å²) in [4.78, 5) is 22.2. The monoisotopic (exact) mass is 209 g/mol. The van der Waals surface area contributed by atoms with E-state index in [0.717, 1.165) is 0 Å². The van der Waals surface area contributed by atoms with Gasteiger partial charge in [-0.2, -0.15) is 0 Å². The molecule has 0 aromatic carbocycles. The Hall–Kier alpha value is -1.58. The standard InChI is InChI=1S/C11H15NO3/c1-11(2,3)15-10(14)8-5-9(7-13)12(4)6-8/h5-7H,1-4H3. The van der Waals surface area contributed by atoms with Gasteiger partial charge in [-0.3, -0.25) is 4.79 Å². The van der Waals surface area contributed by atoms with Crippen molar-refractivity contribution in [2.75, 3.05) is 0 Å². The van der Waals surface area contributed by atoms with Crippen LogP contribution in [-0.4, -0.2) is 22.4 Å². The maximum atomic E-state index is 11.6. The predicted octanol–water partition coefficient (Wildman–Crippen LogP) is 1.79. The van der Waals surface area contributed by atoms with E-state index < -0.39 is 11.6 Å². The van der Waals surface area contributed by atoms with E-state index in [-0.39, 0.29) is 0 Å². The number of carbonyl (C=O) groups is 2. The third kappa shape index (κ3) is 2.94. The number of aromatic nitrogens is 1. The van der Waals surface area contributed by atoms with Gasteiger partial charge in [-0.1, -0.05) is 0 Å². The number of hydrogen-bond donors (Lipinski definition) is 0. The minimum Gasteiger partial charge on any atom is -0.456 e. The van der Waals surface area contributed by atoms with Gasteiger partial charge in [0.1, 0.15) is 5.60 Å². The molecule has 1 aromatic heterocycles. The van der Waals surface area contributed by atoms with Gasteiger partial charge in [-0.25, -0.2) is 4.79 Å². The lowest BCUT2D eigenvalue weighted by Gasteiger charge is -2.18. The number of nitrogens with zero attached hydrogens (tertiary/aromatic N) is 1. The highest BCUT2D eigenvalue weighted by atomic mass is 16.6. The molecule has 0 aliphatic carbocycles. The van der Waals surface area contributed by atoms with Crippen molar-refractivity contribution in [3.05, 3.63) is 23.5 Å². The molecule has 0 N–H and O–H groups in total. The number of rotatable bonds is 2. The fraction of sp³-hybridized carbons (Fsp3) is 0.455. The molecule has 0 saturated carbocycles. The highest BCUT2D eigenvalue weighted by Gasteiger charge is 2.19. The van der Waals surface area contributed by atoms with Crippen molar-refractivity contribution in [1.82, 2.24) is 4.57 Å². The molecule has 15 heavy (non-hydrogen) atoms. The van der Waals surface area contributed by atoms with Gasteiger partial charge in [-0.05, 0) is 26.8 Å². The molecular formula is C11H15NO3. The number of ether oxygens (including phenoxy) is 1. The molecule has 0 aliphatic heterocycles. The first kappa shape index (κ1) is 11.5. The van der Waals surface area contributed by atoms with Crippen molar-refractivity contribution in [3.8, 4) is 0 Å². The minimum absolute atomic E-state index is 0.398. The first-order valence-corrected chi connectivity index (χ1v) is 4.68. The largest absolute Gasteiger partial charge is 0.456 e. The molecule has 1 aromatic rings. The van der Waals surface area contributed by atoms with Gasteiger partial charge < -0.3 is 9.30 Å². The summed E-state index contributed by atoms with van der Waals surface area (Å²) in [6, 6.07) is 1.51. The molecule has 0 fully saturated rings. The second kappa shape index (κ2) is 3.88. The van der Waals surface area contributed by atoms with Crippen LogP contribution >= 0.6 is 0 Å². The average Bonchev–Trinajstić information content (AvgIpc) is 2.43. The predicted molar refractivity (Wildman–Crippen MR) is 56.0 cm³/mol. The average molecular weight is 209 g/mol. The lowest BCUT2D eigenvalue weighted by molar-refractivity contribution is 0.00695. The van der Waals surface area contributed by atoms with E-state index in [4.69, 9.17) is 4.74 Å². The van der Waals surface area contributed by atoms with Crippen LogP contribution in [-0.2, 0) is 11.8 Å². The summed E-state index contributed by atoms with van der Waals surface area (Å²) in [5.74, 6) is -0.411. The first-order valence-electron chi connectivity index (χ1n) is 4.68. The third-order valence-corrected chi connectivity index (χ3v) is 1.80. The quantitative estimate of drug-likeness (QED) is 0.551. The molecule has 0 radical (unpaired) electrons. The van der Waals surface area contributed by atoms with Crippen molar-refractivity contribution in [1.29, 1.82) is 0 Å². The van der Waals surface area contributed by atoms with Crippen LogP contribution in [0.5, 0.6) is 0 Å². The Morgan fingerprint density at radius 2 is 2.07 bits per heavy atom. The highest BCUT2D eigenvalue weighted by molar-refractivity contribution is 5.91. The van der Waals surface area contributed by atoms with Gasteiger partial charge in [0.05, 0.1) is 11.3 Å². The minimum atomic E-state index is -0.520. The van der Waals surface area contributed by atoms with Crippen LogP contribution in [0.15, 0.2) is 12.3 Å². The van der Waals surface area contributed by atoms with Crippen LogP contribution < -0.4 is 0 Å². The topological polar surface area (TPSA) is 48.3 Å². The van der Waals surface area contributed by atoms with Gasteiger partial charge >= 0.3 is 5.97 Å². The third-order valence-electron chi connectivity index (χ3n) is 1.80. The highest BCUT2D eigenvalue weighted by Crippen LogP contribution is 2.13. The van der Waals surface area contributed by atoms with Crippen LogP contribution in [0.2, 0.25) is 0 Å². The number of aldehydes is 1. The summed E-state index contributed by atoms with van der Waals surface area (Å²) in [7, 11) is 1.71. The Balaban J connectivity index is 2.88. The van der Waals surface area contributed by atoms with Crippen molar-refractivity contribution >= 4 is 12.3 Å². The Morgan fingerprint density at radius 3 is 2.47 bits per heavy atom. The fourth-order valence-electron chi connectivity index (χ4n) is 1.15. The smallest absolute Gasteiger partial charge is 0.340 e. The molecule has 4 heteroatoms. The zero-order valence-corrected chi connectivity index (χ0v) is 9.40. The molecule has 1 rings (SSSR count). The second-order valence-corrected chi connectivity index (χ2v) is 4.38. The molecule has 1 heterocycles. The van der Waals surface area contributed by atoms with E-state index in [2.05, 4.69) is 0 Å². The van der Waals surface area contributed by atoms with Crippen molar-refractivity contribution < 1.29 is 14.3 Å². The zero-order chi connectivity index (χ0) is 11.6. The zero-order valence-electron chi connectivity index (χ0n) is 9.40. The van der Waals surface area contributed by atoms with Gasteiger partial charge in [0.2, 0.25) is 0 Å². The van der Waals surface area contributed by atoms with E-state index in [1.165, 1.54) is 6.07 Å². The van der Waals surface area contributed by atoms with Crippen molar-refractivity contribution in [2.24, 2.45) is 7.05 Å². The summed E-state index contributed by atoms with van der Waals surface area (Å²) in [5.41, 5.74) is 0.333. The van der Waals surface area contributed by atoms with Crippen LogP contribution in [0.4, 0.5) is 0 Å². The summed E-state index contributed by atoms with van der Waals surface area (Å²) in [6.45, 7) is 5.40. The Bertz CT molecular complexity index is 385. The summed E-state index contributed by atoms with van der Waals surface area (Å²) in [5, 5.41) is 0. The van der Waals surface area contributed by atoms with Gasteiger partial charge in [0.15, 0.2) is 6.29 Å². The molecule has 82 valence electrons. The summed E-state index contributed by atoms with van der Waals surface area (Å²) >= 11 is 0. The van der Waals surface area contributed by atoms with E-state index in [9.17, 15) is 9.59 Å². The SMILES string of the molecule is Cn1cc(C(=O)OC(C)(C)C)cc1C=O. The molecule has 0 aliphatic rings. The molecule has 0 spiro atoms. The Labute approximate surface area is 88.8 Å². The number of aryl methyl sites for hydroxylation is 1. The Kier molecular flexibility index (Phi) is 2.98. The maximum absolute atomic E-state index is 11.6. The normalized spacial score (nSPS) is 11.2. The summed E-state index contributed by atoms with van der Waals surface area (Å²) in [6.07, 6.45) is 2.28. The summed E-state index contributed by atoms with van der Waals surface area (Å²) < 4.78 is 6.76. The lowest BCUT2D eigenvalue weighted by Crippen LogP contribution is -2.23. The second-order valence-electron chi connectivity index (χ2n) is 4.38. The van der Waals surface area contributed by atoms with E-state index in [0.29, 0.717) is 17.5 Å². The number of hydrogen-bond acceptors (Lipinski definition) is 3. The molecule has 0 unspecified atom stereocenters. The van der Waals surface area contributed by atoms with Crippen LogP contribution in [0.1, 0.15) is 41.6 Å². The van der Waals surface area contributed by atoms with Crippen LogP contribution in [0, 0.1) is 0 Å². The van der Waals surface area contributed by atoms with Crippen molar-refractivity contribution in [2.45, 2.75) is 26.4 Å². The van der Waals surface area contributed by atoms with Gasteiger partial charge in [0, 0.05) is 13.2 Å². The van der Waals surface area contributed by atoms with Crippen LogP contribution in [0.3, 0.4) is 0 Å². The maximum Gasteiger partial charge on any atom is 0.340 e. The first-order chi connectivity index (χ1) is 6.83. The molecule has 0 bridgehead atoms. The molecular weight excluding hydrogens is 194 g/mol. The van der Waals surface area contributed by atoms with Gasteiger partial charge in [0.25, 0.3) is 0 Å². The molecule has 4 nitrogen and oxygen atoms in total. The number of esters is 1. The van der Waals surface area contributed by atoms with E-state index in [1.54, 1.807) is 38.6 Å². The molecule has 0 amide bonds. The van der Waals surface area contributed by atoms with E-state index >= 15 is 0 Å². The van der Waals surface area contributed by atoms with Crippen molar-refractivity contribution in [3.63, 3.8) is 0 Å². The molecule has 0 saturated heterocycles. The Morgan fingerprint density at radius 1 is 1.47 bits per heavy atom. The molecule has 0 atom stereocenters. The fourth-order valence-corrected chi connectivity index (χ4v) is 1.15. The van der Waals surface area contributed by atoms with E-state index in [1.807, 2.05) is 0 Å². The lowest BCUT2D eigenvalue weighted by atomic mass is 10.2. The number of carbonyl (C=O) groups excluding carboxylic acids is 2. The van der Waals surface area contributed by atoms with Crippen LogP contribution in [0.25, 0.3) is 0 Å².